The molecule has 6 nitrogen and oxygen atoms in total. The number of fused-ring (bicyclic) bond motifs is 4. The molecule has 1 fully saturated rings. The van der Waals surface area contributed by atoms with E-state index in [0.717, 1.165) is 10.0 Å². The van der Waals surface area contributed by atoms with Crippen molar-refractivity contribution in [2.24, 2.45) is 11.7 Å². The second kappa shape index (κ2) is 4.90. The Hall–Kier alpha value is -1.70. The van der Waals surface area contributed by atoms with Crippen LogP contribution in [0.15, 0.2) is 34.5 Å². The van der Waals surface area contributed by atoms with Crippen LogP contribution < -0.4 is 15.8 Å². The minimum absolute atomic E-state index is 0.0232. The number of nitrogens with zero attached hydrogens (tertiary/aromatic N) is 1. The molecule has 3 atom stereocenters. The number of benzene rings is 1. The Balaban J connectivity index is 1.98. The van der Waals surface area contributed by atoms with E-state index in [4.69, 9.17) is 10.5 Å². The van der Waals surface area contributed by atoms with Crippen molar-refractivity contribution in [3.8, 4) is 5.75 Å². The van der Waals surface area contributed by atoms with E-state index in [1.54, 1.807) is 13.1 Å². The molecule has 7 heteroatoms. The number of nitrogens with two attached hydrogens (primary N) is 1. The number of halogens is 1. The molecule has 1 spiro atoms. The van der Waals surface area contributed by atoms with Crippen molar-refractivity contribution in [2.75, 3.05) is 7.05 Å². The van der Waals surface area contributed by atoms with Gasteiger partial charge in [0.1, 0.15) is 23.3 Å². The number of amides is 1. The van der Waals surface area contributed by atoms with Gasteiger partial charge in [-0.3, -0.25) is 20.6 Å². The second-order valence-corrected chi connectivity index (χ2v) is 7.08. The molecule has 0 bridgehead atoms. The molecular weight excluding hydrogens is 362 g/mol. The van der Waals surface area contributed by atoms with Crippen molar-refractivity contribution in [2.45, 2.75) is 24.7 Å². The van der Waals surface area contributed by atoms with Gasteiger partial charge < -0.3 is 9.64 Å². The van der Waals surface area contributed by atoms with E-state index in [9.17, 15) is 9.59 Å². The SMILES string of the molecule is CN1C(=O)C2(NC1N)c1cc(Br)ccc1OC1=CC(=O)CCC12. The van der Waals surface area contributed by atoms with Crippen LogP contribution in [0.1, 0.15) is 18.4 Å². The van der Waals surface area contributed by atoms with Gasteiger partial charge >= 0.3 is 0 Å². The Bertz CT molecular complexity index is 763. The van der Waals surface area contributed by atoms with Gasteiger partial charge in [-0.2, -0.15) is 0 Å². The zero-order chi connectivity index (χ0) is 16.4. The van der Waals surface area contributed by atoms with Gasteiger partial charge in [-0.25, -0.2) is 0 Å². The van der Waals surface area contributed by atoms with Crippen LogP contribution in [0.2, 0.25) is 0 Å². The van der Waals surface area contributed by atoms with E-state index >= 15 is 0 Å². The number of allylic oxidation sites excluding steroid dienone is 1. The third-order valence-corrected chi connectivity index (χ3v) is 5.39. The summed E-state index contributed by atoms with van der Waals surface area (Å²) in [5.41, 5.74) is 5.84. The maximum Gasteiger partial charge on any atom is 0.250 e. The van der Waals surface area contributed by atoms with Crippen LogP contribution in [0, 0.1) is 5.92 Å². The quantitative estimate of drug-likeness (QED) is 0.709. The Morgan fingerprint density at radius 2 is 2.22 bits per heavy atom. The lowest BCUT2D eigenvalue weighted by Gasteiger charge is -2.43. The lowest BCUT2D eigenvalue weighted by molar-refractivity contribution is -0.135. The molecule has 1 aromatic carbocycles. The van der Waals surface area contributed by atoms with E-state index in [1.807, 2.05) is 12.1 Å². The molecule has 4 rings (SSSR count). The molecular formula is C16H16BrN3O3. The Labute approximate surface area is 141 Å². The van der Waals surface area contributed by atoms with Gasteiger partial charge in [0.2, 0.25) is 0 Å². The van der Waals surface area contributed by atoms with Crippen LogP contribution in [0.25, 0.3) is 0 Å². The molecule has 1 saturated heterocycles. The fourth-order valence-corrected chi connectivity index (χ4v) is 4.10. The van der Waals surface area contributed by atoms with Crippen molar-refractivity contribution in [1.29, 1.82) is 0 Å². The highest BCUT2D eigenvalue weighted by Gasteiger charge is 2.60. The highest BCUT2D eigenvalue weighted by molar-refractivity contribution is 9.10. The molecule has 0 radical (unpaired) electrons. The second-order valence-electron chi connectivity index (χ2n) is 6.16. The van der Waals surface area contributed by atoms with Crippen molar-refractivity contribution < 1.29 is 14.3 Å². The molecule has 2 heterocycles. The molecule has 3 unspecified atom stereocenters. The summed E-state index contributed by atoms with van der Waals surface area (Å²) in [5, 5.41) is 3.27. The summed E-state index contributed by atoms with van der Waals surface area (Å²) >= 11 is 3.46. The molecule has 0 aromatic heterocycles. The Morgan fingerprint density at radius 3 is 2.91 bits per heavy atom. The van der Waals surface area contributed by atoms with E-state index in [2.05, 4.69) is 21.2 Å². The average Bonchev–Trinajstić information content (AvgIpc) is 2.74. The van der Waals surface area contributed by atoms with Crippen LogP contribution >= 0.6 is 15.9 Å². The van der Waals surface area contributed by atoms with E-state index in [-0.39, 0.29) is 17.6 Å². The molecule has 23 heavy (non-hydrogen) atoms. The number of carbonyl (C=O) groups is 2. The first kappa shape index (κ1) is 14.9. The van der Waals surface area contributed by atoms with Crippen molar-refractivity contribution in [1.82, 2.24) is 10.2 Å². The molecule has 1 aliphatic carbocycles. The predicted octanol–water partition coefficient (Wildman–Crippen LogP) is 1.20. The van der Waals surface area contributed by atoms with Crippen molar-refractivity contribution in [3.63, 3.8) is 0 Å². The number of rotatable bonds is 0. The fourth-order valence-electron chi connectivity index (χ4n) is 3.74. The van der Waals surface area contributed by atoms with Gasteiger partial charge in [-0.1, -0.05) is 15.9 Å². The van der Waals surface area contributed by atoms with Gasteiger partial charge in [0, 0.05) is 35.5 Å². The number of hydrogen-bond acceptors (Lipinski definition) is 5. The maximum atomic E-state index is 13.1. The summed E-state index contributed by atoms with van der Waals surface area (Å²) in [7, 11) is 1.68. The standard InChI is InChI=1S/C16H16BrN3O3/c1-20-14(22)16(19-15(20)18)10-4-3-9(21)7-13(10)23-12-5-2-8(17)6-11(12)16/h2,5-7,10,15,19H,3-4,18H2,1H3. The van der Waals surface area contributed by atoms with E-state index in [0.29, 0.717) is 24.4 Å². The average molecular weight is 378 g/mol. The van der Waals surface area contributed by atoms with Gasteiger partial charge in [-0.15, -0.1) is 0 Å². The predicted molar refractivity (Wildman–Crippen MR) is 86.1 cm³/mol. The number of nitrogens with one attached hydrogen (secondary N) is 1. The number of hydrogen-bond donors (Lipinski definition) is 2. The number of likely N-dealkylation sites (N-methyl/N-ethyl adjacent to an activating group) is 1. The zero-order valence-corrected chi connectivity index (χ0v) is 14.1. The summed E-state index contributed by atoms with van der Waals surface area (Å²) in [6, 6.07) is 5.54. The van der Waals surface area contributed by atoms with Crippen LogP contribution in [0.4, 0.5) is 0 Å². The van der Waals surface area contributed by atoms with Crippen LogP contribution in [-0.4, -0.2) is 29.9 Å². The largest absolute Gasteiger partial charge is 0.461 e. The summed E-state index contributed by atoms with van der Waals surface area (Å²) in [4.78, 5) is 26.4. The zero-order valence-electron chi connectivity index (χ0n) is 12.5. The van der Waals surface area contributed by atoms with Crippen molar-refractivity contribution in [3.05, 3.63) is 40.1 Å². The fraction of sp³-hybridized carbons (Fsp3) is 0.375. The first-order valence-electron chi connectivity index (χ1n) is 7.46. The summed E-state index contributed by atoms with van der Waals surface area (Å²) in [6.07, 6.45) is 1.89. The first-order valence-corrected chi connectivity index (χ1v) is 8.25. The molecule has 3 aliphatic rings. The Kier molecular flexibility index (Phi) is 3.16. The lowest BCUT2D eigenvalue weighted by atomic mass is 9.70. The normalized spacial score (nSPS) is 32.5. The minimum atomic E-state index is -0.988. The molecule has 1 aromatic rings. The maximum absolute atomic E-state index is 13.1. The number of ether oxygens (including phenoxy) is 1. The van der Waals surface area contributed by atoms with E-state index < -0.39 is 11.8 Å². The Morgan fingerprint density at radius 1 is 1.43 bits per heavy atom. The smallest absolute Gasteiger partial charge is 0.250 e. The first-order chi connectivity index (χ1) is 10.9. The third-order valence-electron chi connectivity index (χ3n) is 4.89. The van der Waals surface area contributed by atoms with Gasteiger partial charge in [0.05, 0.1) is 0 Å². The van der Waals surface area contributed by atoms with Crippen molar-refractivity contribution >= 4 is 27.6 Å². The van der Waals surface area contributed by atoms with Crippen LogP contribution in [-0.2, 0) is 15.1 Å². The molecule has 3 N–H and O–H groups in total. The molecule has 0 saturated carbocycles. The third kappa shape index (κ3) is 1.93. The summed E-state index contributed by atoms with van der Waals surface area (Å²) < 4.78 is 6.79. The molecule has 120 valence electrons. The minimum Gasteiger partial charge on any atom is -0.461 e. The van der Waals surface area contributed by atoms with Gasteiger partial charge in [0.15, 0.2) is 5.78 Å². The highest BCUT2D eigenvalue weighted by Crippen LogP contribution is 2.51. The molecule has 2 aliphatic heterocycles. The summed E-state index contributed by atoms with van der Waals surface area (Å²) in [6.45, 7) is 0. The lowest BCUT2D eigenvalue weighted by Crippen LogP contribution is -2.55. The van der Waals surface area contributed by atoms with Crippen LogP contribution in [0.3, 0.4) is 0 Å². The number of carbonyl (C=O) groups excluding carboxylic acids is 2. The van der Waals surface area contributed by atoms with Crippen LogP contribution in [0.5, 0.6) is 5.75 Å². The number of ketones is 1. The molecule has 1 amide bonds. The van der Waals surface area contributed by atoms with Gasteiger partial charge in [-0.05, 0) is 24.6 Å². The summed E-state index contributed by atoms with van der Waals surface area (Å²) in [5.74, 6) is 0.798. The topological polar surface area (TPSA) is 84.7 Å². The highest BCUT2D eigenvalue weighted by atomic mass is 79.9. The monoisotopic (exact) mass is 377 g/mol. The van der Waals surface area contributed by atoms with Gasteiger partial charge in [0.25, 0.3) is 5.91 Å². The van der Waals surface area contributed by atoms with E-state index in [1.165, 1.54) is 11.0 Å².